The number of hydrogen-bond acceptors (Lipinski definition) is 3. The van der Waals surface area contributed by atoms with E-state index in [4.69, 9.17) is 9.47 Å². The lowest BCUT2D eigenvalue weighted by molar-refractivity contribution is 0.0510. The molecule has 0 fully saturated rings. The van der Waals surface area contributed by atoms with Crippen molar-refractivity contribution in [2.45, 2.75) is 65.6 Å². The Morgan fingerprint density at radius 3 is 1.59 bits per heavy atom. The van der Waals surface area contributed by atoms with Crippen molar-refractivity contribution < 1.29 is 9.47 Å². The molecule has 3 nitrogen and oxygen atoms in total. The summed E-state index contributed by atoms with van der Waals surface area (Å²) in [6, 6.07) is 0. The Kier molecular flexibility index (Phi) is 12.3. The zero-order chi connectivity index (χ0) is 12.9. The van der Waals surface area contributed by atoms with Crippen LogP contribution in [0, 0.1) is 0 Å². The fourth-order valence-electron chi connectivity index (χ4n) is 1.77. The van der Waals surface area contributed by atoms with Gasteiger partial charge in [-0.1, -0.05) is 26.7 Å². The Morgan fingerprint density at radius 1 is 0.824 bits per heavy atom. The SMILES string of the molecule is CCCC(C)OCCNCCOC(C)CCC. The topological polar surface area (TPSA) is 30.5 Å². The number of nitrogens with one attached hydrogen (secondary N) is 1. The van der Waals surface area contributed by atoms with Crippen LogP contribution in [-0.2, 0) is 9.47 Å². The minimum Gasteiger partial charge on any atom is -0.377 e. The third kappa shape index (κ3) is 12.1. The van der Waals surface area contributed by atoms with Crippen LogP contribution in [0.1, 0.15) is 53.4 Å². The molecule has 2 unspecified atom stereocenters. The van der Waals surface area contributed by atoms with Gasteiger partial charge >= 0.3 is 0 Å². The van der Waals surface area contributed by atoms with Gasteiger partial charge in [0.1, 0.15) is 0 Å². The van der Waals surface area contributed by atoms with Crippen LogP contribution in [0.3, 0.4) is 0 Å². The summed E-state index contributed by atoms with van der Waals surface area (Å²) in [6.45, 7) is 12.1. The lowest BCUT2D eigenvalue weighted by Gasteiger charge is -2.14. The minimum absolute atomic E-state index is 0.391. The molecule has 0 rings (SSSR count). The van der Waals surface area contributed by atoms with Gasteiger partial charge in [0.05, 0.1) is 25.4 Å². The fraction of sp³-hybridized carbons (Fsp3) is 1.00. The van der Waals surface area contributed by atoms with Crippen molar-refractivity contribution in [3.8, 4) is 0 Å². The molecule has 0 aromatic heterocycles. The zero-order valence-electron chi connectivity index (χ0n) is 12.1. The summed E-state index contributed by atoms with van der Waals surface area (Å²) < 4.78 is 11.3. The van der Waals surface area contributed by atoms with E-state index in [1.807, 2.05) is 0 Å². The molecule has 3 heteroatoms. The highest BCUT2D eigenvalue weighted by molar-refractivity contribution is 4.52. The highest BCUT2D eigenvalue weighted by Gasteiger charge is 2.00. The molecule has 17 heavy (non-hydrogen) atoms. The second-order valence-electron chi connectivity index (χ2n) is 4.69. The smallest absolute Gasteiger partial charge is 0.0594 e. The first kappa shape index (κ1) is 16.9. The van der Waals surface area contributed by atoms with Gasteiger partial charge in [-0.05, 0) is 26.7 Å². The van der Waals surface area contributed by atoms with Crippen LogP contribution in [0.25, 0.3) is 0 Å². The molecule has 0 spiro atoms. The maximum Gasteiger partial charge on any atom is 0.0594 e. The first-order valence-corrected chi connectivity index (χ1v) is 7.14. The van der Waals surface area contributed by atoms with Crippen LogP contribution in [0.5, 0.6) is 0 Å². The molecule has 0 aliphatic carbocycles. The summed E-state index contributed by atoms with van der Waals surface area (Å²) in [7, 11) is 0. The zero-order valence-corrected chi connectivity index (χ0v) is 12.1. The summed E-state index contributed by atoms with van der Waals surface area (Å²) in [5, 5.41) is 3.33. The van der Waals surface area contributed by atoms with Crippen molar-refractivity contribution in [1.82, 2.24) is 5.32 Å². The lowest BCUT2D eigenvalue weighted by atomic mass is 10.2. The number of ether oxygens (including phenoxy) is 2. The molecule has 2 atom stereocenters. The highest BCUT2D eigenvalue weighted by atomic mass is 16.5. The first-order chi connectivity index (χ1) is 8.20. The number of rotatable bonds is 12. The van der Waals surface area contributed by atoms with Gasteiger partial charge in [-0.15, -0.1) is 0 Å². The van der Waals surface area contributed by atoms with Crippen molar-refractivity contribution in [2.75, 3.05) is 26.3 Å². The van der Waals surface area contributed by atoms with Crippen LogP contribution in [-0.4, -0.2) is 38.5 Å². The molecule has 0 aliphatic rings. The molecule has 104 valence electrons. The van der Waals surface area contributed by atoms with Crippen molar-refractivity contribution in [2.24, 2.45) is 0 Å². The van der Waals surface area contributed by atoms with Crippen LogP contribution < -0.4 is 5.32 Å². The van der Waals surface area contributed by atoms with Crippen LogP contribution in [0.2, 0.25) is 0 Å². The largest absolute Gasteiger partial charge is 0.377 e. The summed E-state index contributed by atoms with van der Waals surface area (Å²) in [4.78, 5) is 0. The molecule has 1 N–H and O–H groups in total. The van der Waals surface area contributed by atoms with E-state index in [-0.39, 0.29) is 0 Å². The van der Waals surface area contributed by atoms with Crippen molar-refractivity contribution in [1.29, 1.82) is 0 Å². The van der Waals surface area contributed by atoms with Gasteiger partial charge in [0.15, 0.2) is 0 Å². The van der Waals surface area contributed by atoms with Gasteiger partial charge in [0.2, 0.25) is 0 Å². The summed E-state index contributed by atoms with van der Waals surface area (Å²) >= 11 is 0. The number of hydrogen-bond donors (Lipinski definition) is 1. The molecule has 0 amide bonds. The Morgan fingerprint density at radius 2 is 1.24 bits per heavy atom. The molecule has 0 aromatic carbocycles. The van der Waals surface area contributed by atoms with Gasteiger partial charge < -0.3 is 14.8 Å². The van der Waals surface area contributed by atoms with Gasteiger partial charge in [0, 0.05) is 13.1 Å². The molecule has 0 saturated heterocycles. The normalized spacial score (nSPS) is 14.8. The molecule has 0 bridgehead atoms. The molecule has 0 aliphatic heterocycles. The monoisotopic (exact) mass is 245 g/mol. The van der Waals surface area contributed by atoms with E-state index in [1.165, 1.54) is 12.8 Å². The van der Waals surface area contributed by atoms with Crippen LogP contribution >= 0.6 is 0 Å². The maximum atomic E-state index is 5.65. The first-order valence-electron chi connectivity index (χ1n) is 7.14. The Bertz CT molecular complexity index is 137. The fourth-order valence-corrected chi connectivity index (χ4v) is 1.77. The van der Waals surface area contributed by atoms with Crippen LogP contribution in [0.15, 0.2) is 0 Å². The summed E-state index contributed by atoms with van der Waals surface area (Å²) in [5.74, 6) is 0. The predicted octanol–water partition coefficient (Wildman–Crippen LogP) is 2.99. The molecule has 0 saturated carbocycles. The molecule has 0 heterocycles. The highest BCUT2D eigenvalue weighted by Crippen LogP contribution is 2.00. The van der Waals surface area contributed by atoms with E-state index in [1.54, 1.807) is 0 Å². The van der Waals surface area contributed by atoms with Gasteiger partial charge in [-0.3, -0.25) is 0 Å². The van der Waals surface area contributed by atoms with Crippen molar-refractivity contribution in [3.63, 3.8) is 0 Å². The summed E-state index contributed by atoms with van der Waals surface area (Å²) in [6.07, 6.45) is 5.47. The van der Waals surface area contributed by atoms with E-state index in [2.05, 4.69) is 33.0 Å². The molecule has 0 aromatic rings. The molecular formula is C14H31NO2. The standard InChI is InChI=1S/C14H31NO2/c1-5-7-13(3)16-11-9-15-10-12-17-14(4)8-6-2/h13-15H,5-12H2,1-4H3. The Labute approximate surface area is 107 Å². The van der Waals surface area contributed by atoms with E-state index in [0.717, 1.165) is 39.1 Å². The summed E-state index contributed by atoms with van der Waals surface area (Å²) in [5.41, 5.74) is 0. The van der Waals surface area contributed by atoms with E-state index < -0.39 is 0 Å². The second kappa shape index (κ2) is 12.3. The third-order valence-corrected chi connectivity index (χ3v) is 2.75. The van der Waals surface area contributed by atoms with Gasteiger partial charge in [-0.25, -0.2) is 0 Å². The van der Waals surface area contributed by atoms with Crippen molar-refractivity contribution >= 4 is 0 Å². The van der Waals surface area contributed by atoms with Gasteiger partial charge in [-0.2, -0.15) is 0 Å². The molecule has 0 radical (unpaired) electrons. The van der Waals surface area contributed by atoms with Crippen LogP contribution in [0.4, 0.5) is 0 Å². The maximum absolute atomic E-state index is 5.65. The Balaban J connectivity index is 3.13. The quantitative estimate of drug-likeness (QED) is 0.536. The third-order valence-electron chi connectivity index (χ3n) is 2.75. The minimum atomic E-state index is 0.391. The second-order valence-corrected chi connectivity index (χ2v) is 4.69. The van der Waals surface area contributed by atoms with Crippen molar-refractivity contribution in [3.05, 3.63) is 0 Å². The van der Waals surface area contributed by atoms with Gasteiger partial charge in [0.25, 0.3) is 0 Å². The van der Waals surface area contributed by atoms with E-state index in [9.17, 15) is 0 Å². The Hall–Kier alpha value is -0.120. The predicted molar refractivity (Wildman–Crippen MR) is 73.5 cm³/mol. The molecular weight excluding hydrogens is 214 g/mol. The average Bonchev–Trinajstić information content (AvgIpc) is 2.28. The average molecular weight is 245 g/mol. The van der Waals surface area contributed by atoms with E-state index >= 15 is 0 Å². The lowest BCUT2D eigenvalue weighted by Crippen LogP contribution is -2.26. The van der Waals surface area contributed by atoms with E-state index in [0.29, 0.717) is 12.2 Å².